The Bertz CT molecular complexity index is 732. The van der Waals surface area contributed by atoms with Crippen LogP contribution in [0.1, 0.15) is 26.5 Å². The van der Waals surface area contributed by atoms with E-state index in [9.17, 15) is 9.59 Å². The smallest absolute Gasteiger partial charge is 0.304 e. The van der Waals surface area contributed by atoms with Gasteiger partial charge in [0.1, 0.15) is 5.54 Å². The molecular weight excluding hydrogens is 268 g/mol. The van der Waals surface area contributed by atoms with Crippen molar-refractivity contribution in [2.45, 2.75) is 39.4 Å². The van der Waals surface area contributed by atoms with Crippen LogP contribution in [-0.2, 0) is 17.9 Å². The summed E-state index contributed by atoms with van der Waals surface area (Å²) < 4.78 is 1.91. The number of rotatable bonds is 3. The predicted molar refractivity (Wildman–Crippen MR) is 78.6 cm³/mol. The molecule has 3 rings (SSSR count). The fourth-order valence-corrected chi connectivity index (χ4v) is 2.67. The third kappa shape index (κ3) is 1.98. The summed E-state index contributed by atoms with van der Waals surface area (Å²) in [7, 11) is 0. The first-order chi connectivity index (χ1) is 9.95. The van der Waals surface area contributed by atoms with Crippen molar-refractivity contribution in [1.29, 1.82) is 0 Å². The molecule has 1 N–H and O–H groups in total. The first kappa shape index (κ1) is 13.6. The molecule has 2 aromatic rings. The quantitative estimate of drug-likeness (QED) is 0.876. The highest BCUT2D eigenvalue weighted by molar-refractivity contribution is 6.06. The first-order valence-electron chi connectivity index (χ1n) is 7.02. The number of urea groups is 1. The molecule has 3 amide bonds. The Kier molecular flexibility index (Phi) is 2.97. The molecule has 1 aliphatic heterocycles. The van der Waals surface area contributed by atoms with Crippen LogP contribution < -0.4 is 5.32 Å². The third-order valence-corrected chi connectivity index (χ3v) is 4.04. The van der Waals surface area contributed by atoms with Crippen molar-refractivity contribution in [2.75, 3.05) is 0 Å². The SMILES string of the molecule is CCn1nc(CN2C(=O)NC(=O)C2(C)C)c2ccccc21. The fraction of sp³-hybridized carbons (Fsp3) is 0.400. The van der Waals surface area contributed by atoms with Gasteiger partial charge in [0.15, 0.2) is 0 Å². The number of hydrogen-bond donors (Lipinski definition) is 1. The van der Waals surface area contributed by atoms with Gasteiger partial charge in [0.2, 0.25) is 0 Å². The molecule has 0 aliphatic carbocycles. The van der Waals surface area contributed by atoms with Crippen LogP contribution in [0.5, 0.6) is 0 Å². The fourth-order valence-electron chi connectivity index (χ4n) is 2.67. The summed E-state index contributed by atoms with van der Waals surface area (Å²) in [5, 5.41) is 7.96. The number of benzene rings is 1. The highest BCUT2D eigenvalue weighted by Crippen LogP contribution is 2.26. The first-order valence-corrected chi connectivity index (χ1v) is 7.02. The molecule has 1 aromatic heterocycles. The Morgan fingerprint density at radius 3 is 2.57 bits per heavy atom. The molecule has 0 radical (unpaired) electrons. The Balaban J connectivity index is 2.03. The molecular formula is C15H18N4O2. The average molecular weight is 286 g/mol. The Morgan fingerprint density at radius 1 is 1.24 bits per heavy atom. The largest absolute Gasteiger partial charge is 0.325 e. The molecule has 1 saturated heterocycles. The molecule has 0 atom stereocenters. The molecule has 0 saturated carbocycles. The van der Waals surface area contributed by atoms with Gasteiger partial charge >= 0.3 is 6.03 Å². The van der Waals surface area contributed by atoms with Crippen molar-refractivity contribution < 1.29 is 9.59 Å². The number of imide groups is 1. The number of carbonyl (C=O) groups is 2. The molecule has 1 aliphatic rings. The van der Waals surface area contributed by atoms with E-state index in [1.807, 2.05) is 35.9 Å². The van der Waals surface area contributed by atoms with Gasteiger partial charge in [-0.15, -0.1) is 0 Å². The summed E-state index contributed by atoms with van der Waals surface area (Å²) in [6.07, 6.45) is 0. The molecule has 6 heteroatoms. The summed E-state index contributed by atoms with van der Waals surface area (Å²) in [6, 6.07) is 7.56. The lowest BCUT2D eigenvalue weighted by molar-refractivity contribution is -0.125. The van der Waals surface area contributed by atoms with Crippen LogP contribution in [-0.4, -0.2) is 32.2 Å². The summed E-state index contributed by atoms with van der Waals surface area (Å²) in [6.45, 7) is 6.59. The van der Waals surface area contributed by atoms with Crippen molar-refractivity contribution in [3.63, 3.8) is 0 Å². The number of aromatic nitrogens is 2. The second kappa shape index (κ2) is 4.58. The number of para-hydroxylation sites is 1. The van der Waals surface area contributed by atoms with Crippen molar-refractivity contribution >= 4 is 22.8 Å². The minimum Gasteiger partial charge on any atom is -0.304 e. The van der Waals surface area contributed by atoms with Crippen LogP contribution in [0.2, 0.25) is 0 Å². The zero-order valence-electron chi connectivity index (χ0n) is 12.4. The van der Waals surface area contributed by atoms with Gasteiger partial charge in [-0.2, -0.15) is 5.10 Å². The van der Waals surface area contributed by atoms with Crippen LogP contribution in [0.3, 0.4) is 0 Å². The number of hydrogen-bond acceptors (Lipinski definition) is 3. The van der Waals surface area contributed by atoms with Crippen molar-refractivity contribution in [2.24, 2.45) is 0 Å². The van der Waals surface area contributed by atoms with Crippen molar-refractivity contribution in [1.82, 2.24) is 20.0 Å². The molecule has 6 nitrogen and oxygen atoms in total. The monoisotopic (exact) mass is 286 g/mol. The van der Waals surface area contributed by atoms with Gasteiger partial charge in [0.05, 0.1) is 17.8 Å². The summed E-state index contributed by atoms with van der Waals surface area (Å²) >= 11 is 0. The lowest BCUT2D eigenvalue weighted by Crippen LogP contribution is -2.43. The zero-order chi connectivity index (χ0) is 15.2. The lowest BCUT2D eigenvalue weighted by atomic mass is 10.0. The van der Waals surface area contributed by atoms with Crippen LogP contribution in [0.25, 0.3) is 10.9 Å². The van der Waals surface area contributed by atoms with Gasteiger partial charge in [-0.25, -0.2) is 4.79 Å². The van der Waals surface area contributed by atoms with E-state index < -0.39 is 5.54 Å². The van der Waals surface area contributed by atoms with E-state index >= 15 is 0 Å². The van der Waals surface area contributed by atoms with E-state index in [0.29, 0.717) is 6.54 Å². The summed E-state index contributed by atoms with van der Waals surface area (Å²) in [4.78, 5) is 25.3. The van der Waals surface area contributed by atoms with Crippen LogP contribution in [0.4, 0.5) is 4.79 Å². The standard InChI is InChI=1S/C15H18N4O2/c1-4-19-12-8-6-5-7-10(12)11(17-19)9-18-14(21)16-13(20)15(18,2)3/h5-8H,4,9H2,1-3H3,(H,16,20,21). The molecule has 2 heterocycles. The topological polar surface area (TPSA) is 67.2 Å². The Morgan fingerprint density at radius 2 is 1.95 bits per heavy atom. The molecule has 1 fully saturated rings. The number of amides is 3. The number of nitrogens with zero attached hydrogens (tertiary/aromatic N) is 3. The van der Waals surface area contributed by atoms with Gasteiger partial charge in [-0.3, -0.25) is 14.8 Å². The maximum atomic E-state index is 12.0. The molecule has 0 spiro atoms. The third-order valence-electron chi connectivity index (χ3n) is 4.04. The molecule has 1 aromatic carbocycles. The van der Waals surface area contributed by atoms with Crippen LogP contribution in [0.15, 0.2) is 24.3 Å². The molecule has 110 valence electrons. The number of aryl methyl sites for hydroxylation is 1. The second-order valence-electron chi connectivity index (χ2n) is 5.68. The Labute approximate surface area is 122 Å². The van der Waals surface area contributed by atoms with Crippen LogP contribution >= 0.6 is 0 Å². The minimum absolute atomic E-state index is 0.272. The molecule has 21 heavy (non-hydrogen) atoms. The van der Waals surface area contributed by atoms with E-state index in [4.69, 9.17) is 0 Å². The molecule has 0 bridgehead atoms. The van der Waals surface area contributed by atoms with Crippen LogP contribution in [0, 0.1) is 0 Å². The average Bonchev–Trinajstić information content (AvgIpc) is 2.90. The highest BCUT2D eigenvalue weighted by Gasteiger charge is 2.45. The number of fused-ring (bicyclic) bond motifs is 1. The molecule has 0 unspecified atom stereocenters. The zero-order valence-corrected chi connectivity index (χ0v) is 12.4. The lowest BCUT2D eigenvalue weighted by Gasteiger charge is -2.27. The summed E-state index contributed by atoms with van der Waals surface area (Å²) in [5.41, 5.74) is 0.998. The van der Waals surface area contributed by atoms with Crippen molar-refractivity contribution in [3.8, 4) is 0 Å². The predicted octanol–water partition coefficient (Wildman–Crippen LogP) is 1.89. The van der Waals surface area contributed by atoms with Gasteiger partial charge < -0.3 is 4.90 Å². The second-order valence-corrected chi connectivity index (χ2v) is 5.68. The Hall–Kier alpha value is -2.37. The van der Waals surface area contributed by atoms with E-state index in [-0.39, 0.29) is 11.9 Å². The minimum atomic E-state index is -0.853. The van der Waals surface area contributed by atoms with Gasteiger partial charge in [-0.1, -0.05) is 18.2 Å². The van der Waals surface area contributed by atoms with E-state index in [2.05, 4.69) is 10.4 Å². The maximum absolute atomic E-state index is 12.0. The van der Waals surface area contributed by atoms with E-state index in [1.165, 1.54) is 4.90 Å². The number of carbonyl (C=O) groups excluding carboxylic acids is 2. The normalized spacial score (nSPS) is 17.6. The van der Waals surface area contributed by atoms with Gasteiger partial charge in [0, 0.05) is 11.9 Å². The van der Waals surface area contributed by atoms with Crippen molar-refractivity contribution in [3.05, 3.63) is 30.0 Å². The van der Waals surface area contributed by atoms with Gasteiger partial charge in [0.25, 0.3) is 5.91 Å². The maximum Gasteiger partial charge on any atom is 0.325 e. The highest BCUT2D eigenvalue weighted by atomic mass is 16.2. The number of nitrogens with one attached hydrogen (secondary N) is 1. The van der Waals surface area contributed by atoms with E-state index in [0.717, 1.165) is 23.1 Å². The van der Waals surface area contributed by atoms with Gasteiger partial charge in [-0.05, 0) is 26.8 Å². The summed E-state index contributed by atoms with van der Waals surface area (Å²) in [5.74, 6) is -0.272. The van der Waals surface area contributed by atoms with E-state index in [1.54, 1.807) is 13.8 Å².